The van der Waals surface area contributed by atoms with Crippen molar-refractivity contribution >= 4 is 34.1 Å². The summed E-state index contributed by atoms with van der Waals surface area (Å²) in [5, 5.41) is 1.34. The molecule has 0 unspecified atom stereocenters. The van der Waals surface area contributed by atoms with Gasteiger partial charge >= 0.3 is 0 Å². The van der Waals surface area contributed by atoms with Crippen LogP contribution in [0.2, 0.25) is 10.0 Å². The molecule has 7 heteroatoms. The van der Waals surface area contributed by atoms with E-state index >= 15 is 0 Å². The molecule has 2 heterocycles. The minimum absolute atomic E-state index is 0.0397. The van der Waals surface area contributed by atoms with Crippen molar-refractivity contribution in [3.8, 4) is 0 Å². The maximum atomic E-state index is 13.2. The summed E-state index contributed by atoms with van der Waals surface area (Å²) in [5.74, 6) is 1.42. The van der Waals surface area contributed by atoms with E-state index in [0.29, 0.717) is 33.4 Å². The van der Waals surface area contributed by atoms with Crippen LogP contribution in [0.1, 0.15) is 45.5 Å². The summed E-state index contributed by atoms with van der Waals surface area (Å²) in [4.78, 5) is 23.1. The Balaban J connectivity index is 2.14. The molecule has 1 aromatic heterocycles. The molecular formula is C21H30Cl2N4O. The Labute approximate surface area is 177 Å². The van der Waals surface area contributed by atoms with E-state index in [9.17, 15) is 4.79 Å². The molecule has 1 aromatic carbocycles. The number of likely N-dealkylation sites (N-methyl/N-ethyl adjacent to an activating group) is 1. The van der Waals surface area contributed by atoms with E-state index in [2.05, 4.69) is 30.7 Å². The van der Waals surface area contributed by atoms with Crippen molar-refractivity contribution in [3.63, 3.8) is 0 Å². The minimum atomic E-state index is -0.0397. The van der Waals surface area contributed by atoms with E-state index in [1.165, 1.54) is 0 Å². The smallest absolute Gasteiger partial charge is 0.261 e. The molecule has 1 saturated heterocycles. The van der Waals surface area contributed by atoms with Gasteiger partial charge in [-0.1, -0.05) is 43.5 Å². The predicted octanol–water partition coefficient (Wildman–Crippen LogP) is 4.45. The van der Waals surface area contributed by atoms with E-state index in [-0.39, 0.29) is 11.6 Å². The summed E-state index contributed by atoms with van der Waals surface area (Å²) >= 11 is 12.4. The van der Waals surface area contributed by atoms with Crippen molar-refractivity contribution < 1.29 is 0 Å². The van der Waals surface area contributed by atoms with Crippen molar-refractivity contribution in [1.29, 1.82) is 0 Å². The number of halogens is 2. The summed E-state index contributed by atoms with van der Waals surface area (Å²) in [7, 11) is 2.18. The second kappa shape index (κ2) is 9.12. The van der Waals surface area contributed by atoms with Crippen molar-refractivity contribution in [1.82, 2.24) is 19.4 Å². The van der Waals surface area contributed by atoms with Gasteiger partial charge in [-0.15, -0.1) is 0 Å². The Hall–Kier alpha value is -1.14. The number of fused-ring (bicyclic) bond motifs is 1. The molecule has 28 heavy (non-hydrogen) atoms. The van der Waals surface area contributed by atoms with Gasteiger partial charge in [0.25, 0.3) is 5.56 Å². The number of rotatable bonds is 5. The zero-order chi connectivity index (χ0) is 20.4. The highest BCUT2D eigenvalue weighted by molar-refractivity contribution is 6.42. The quantitative estimate of drug-likeness (QED) is 0.710. The Morgan fingerprint density at radius 1 is 1.18 bits per heavy atom. The Kier molecular flexibility index (Phi) is 7.02. The van der Waals surface area contributed by atoms with Gasteiger partial charge < -0.3 is 4.90 Å². The van der Waals surface area contributed by atoms with E-state index in [1.807, 2.05) is 11.5 Å². The third kappa shape index (κ3) is 4.38. The SMILES string of the molecule is CCC[C@@H](c1nc2cc(Cl)c(Cl)cc2c(=O)n1CC)N1CCN(C)C[C@H](C)C1. The molecule has 0 N–H and O–H groups in total. The molecule has 5 nitrogen and oxygen atoms in total. The lowest BCUT2D eigenvalue weighted by Crippen LogP contribution is -2.38. The fraction of sp³-hybridized carbons (Fsp3) is 0.619. The van der Waals surface area contributed by atoms with Gasteiger partial charge in [0.1, 0.15) is 5.82 Å². The van der Waals surface area contributed by atoms with Gasteiger partial charge in [-0.25, -0.2) is 4.98 Å². The number of aromatic nitrogens is 2. The van der Waals surface area contributed by atoms with Crippen LogP contribution < -0.4 is 5.56 Å². The van der Waals surface area contributed by atoms with E-state index < -0.39 is 0 Å². The normalized spacial score (nSPS) is 20.4. The second-order valence-corrected chi connectivity index (χ2v) is 8.78. The van der Waals surface area contributed by atoms with Gasteiger partial charge in [0.05, 0.1) is 27.0 Å². The minimum Gasteiger partial charge on any atom is -0.305 e. The number of benzene rings is 1. The maximum Gasteiger partial charge on any atom is 0.261 e. The molecule has 3 rings (SSSR count). The van der Waals surface area contributed by atoms with E-state index in [0.717, 1.165) is 44.8 Å². The lowest BCUT2D eigenvalue weighted by molar-refractivity contribution is 0.167. The van der Waals surface area contributed by atoms with Crippen LogP contribution in [0.4, 0.5) is 0 Å². The van der Waals surface area contributed by atoms with Crippen molar-refractivity contribution in [2.45, 2.75) is 46.2 Å². The first kappa shape index (κ1) is 21.6. The van der Waals surface area contributed by atoms with Gasteiger partial charge in [0.2, 0.25) is 0 Å². The Bertz CT molecular complexity index is 898. The molecule has 1 aliphatic rings. The topological polar surface area (TPSA) is 41.4 Å². The van der Waals surface area contributed by atoms with Crippen LogP contribution in [0.15, 0.2) is 16.9 Å². The van der Waals surface area contributed by atoms with Gasteiger partial charge in [-0.3, -0.25) is 14.3 Å². The summed E-state index contributed by atoms with van der Waals surface area (Å²) in [6, 6.07) is 3.47. The molecule has 0 bridgehead atoms. The molecular weight excluding hydrogens is 395 g/mol. The highest BCUT2D eigenvalue weighted by Crippen LogP contribution is 2.30. The van der Waals surface area contributed by atoms with Crippen LogP contribution in [-0.4, -0.2) is 52.6 Å². The molecule has 0 radical (unpaired) electrons. The molecule has 1 fully saturated rings. The van der Waals surface area contributed by atoms with E-state index in [1.54, 1.807) is 12.1 Å². The monoisotopic (exact) mass is 424 g/mol. The summed E-state index contributed by atoms with van der Waals surface area (Å²) in [6.07, 6.45) is 2.00. The first-order chi connectivity index (χ1) is 13.3. The Morgan fingerprint density at radius 2 is 1.89 bits per heavy atom. The highest BCUT2D eigenvalue weighted by Gasteiger charge is 2.28. The van der Waals surface area contributed by atoms with Gasteiger partial charge in [0, 0.05) is 32.7 Å². The zero-order valence-electron chi connectivity index (χ0n) is 17.2. The highest BCUT2D eigenvalue weighted by atomic mass is 35.5. The average molecular weight is 425 g/mol. The van der Waals surface area contributed by atoms with Crippen LogP contribution in [0.25, 0.3) is 10.9 Å². The molecule has 154 valence electrons. The summed E-state index contributed by atoms with van der Waals surface area (Å²) in [5.41, 5.74) is 0.586. The number of hydrogen-bond acceptors (Lipinski definition) is 4. The fourth-order valence-electron chi connectivity index (χ4n) is 4.30. The third-order valence-electron chi connectivity index (χ3n) is 5.58. The maximum absolute atomic E-state index is 13.2. The molecule has 2 aromatic rings. The molecule has 0 aliphatic carbocycles. The number of nitrogens with zero attached hydrogens (tertiary/aromatic N) is 4. The average Bonchev–Trinajstić information content (AvgIpc) is 2.81. The van der Waals surface area contributed by atoms with Crippen LogP contribution in [0.5, 0.6) is 0 Å². The lowest BCUT2D eigenvalue weighted by Gasteiger charge is -2.32. The van der Waals surface area contributed by atoms with Crippen LogP contribution >= 0.6 is 23.2 Å². The molecule has 0 amide bonds. The summed E-state index contributed by atoms with van der Waals surface area (Å²) in [6.45, 7) is 11.2. The summed E-state index contributed by atoms with van der Waals surface area (Å²) < 4.78 is 1.81. The van der Waals surface area contributed by atoms with Gasteiger partial charge in [-0.05, 0) is 38.4 Å². The third-order valence-corrected chi connectivity index (χ3v) is 6.30. The lowest BCUT2D eigenvalue weighted by atomic mass is 10.1. The first-order valence-electron chi connectivity index (χ1n) is 10.2. The first-order valence-corrected chi connectivity index (χ1v) is 10.9. The molecule has 2 atom stereocenters. The molecule has 0 spiro atoms. The van der Waals surface area contributed by atoms with E-state index in [4.69, 9.17) is 28.2 Å². The Morgan fingerprint density at radius 3 is 2.57 bits per heavy atom. The largest absolute Gasteiger partial charge is 0.305 e. The van der Waals surface area contributed by atoms with Crippen molar-refractivity contribution in [2.75, 3.05) is 33.2 Å². The predicted molar refractivity (Wildman–Crippen MR) is 118 cm³/mol. The molecule has 1 aliphatic heterocycles. The van der Waals surface area contributed by atoms with Crippen LogP contribution in [0.3, 0.4) is 0 Å². The fourth-order valence-corrected chi connectivity index (χ4v) is 4.62. The van der Waals surface area contributed by atoms with Crippen molar-refractivity contribution in [3.05, 3.63) is 38.4 Å². The standard InChI is InChI=1S/C21H30Cl2N4O/c1-5-7-19(26-9-8-25(4)12-14(3)13-26)20-24-18-11-17(23)16(22)10-15(18)21(28)27(20)6-2/h10-11,14,19H,5-9,12-13H2,1-4H3/t14-,19-/m0/s1. The van der Waals surface area contributed by atoms with Gasteiger partial charge in [-0.2, -0.15) is 0 Å². The second-order valence-electron chi connectivity index (χ2n) is 7.97. The molecule has 0 saturated carbocycles. The van der Waals surface area contributed by atoms with Crippen LogP contribution in [0, 0.1) is 5.92 Å². The van der Waals surface area contributed by atoms with Crippen LogP contribution in [-0.2, 0) is 6.54 Å². The number of hydrogen-bond donors (Lipinski definition) is 0. The zero-order valence-corrected chi connectivity index (χ0v) is 18.7. The van der Waals surface area contributed by atoms with Gasteiger partial charge in [0.15, 0.2) is 0 Å². The van der Waals surface area contributed by atoms with Crippen molar-refractivity contribution in [2.24, 2.45) is 5.92 Å².